The standard InChI is InChI=1S/C5H9O/c1-2-3-4-5-6/h6H,1,3-5H2. The van der Waals surface area contributed by atoms with Crippen molar-refractivity contribution in [2.75, 3.05) is 6.61 Å². The van der Waals surface area contributed by atoms with E-state index in [2.05, 4.69) is 12.7 Å². The van der Waals surface area contributed by atoms with Crippen molar-refractivity contribution in [3.63, 3.8) is 0 Å². The minimum atomic E-state index is 0.252. The summed E-state index contributed by atoms with van der Waals surface area (Å²) in [5.74, 6) is 0. The molecule has 0 aliphatic heterocycles. The molecule has 0 spiro atoms. The van der Waals surface area contributed by atoms with Crippen LogP contribution in [-0.2, 0) is 0 Å². The highest BCUT2D eigenvalue weighted by Crippen LogP contribution is 1.82. The Labute approximate surface area is 38.3 Å². The molecule has 0 atom stereocenters. The summed E-state index contributed by atoms with van der Waals surface area (Å²) in [5.41, 5.74) is 0. The topological polar surface area (TPSA) is 20.2 Å². The summed E-state index contributed by atoms with van der Waals surface area (Å²) in [7, 11) is 0. The molecule has 0 aliphatic carbocycles. The van der Waals surface area contributed by atoms with Crippen LogP contribution in [0, 0.1) is 6.08 Å². The van der Waals surface area contributed by atoms with E-state index < -0.39 is 0 Å². The molecule has 0 unspecified atom stereocenters. The highest BCUT2D eigenvalue weighted by atomic mass is 16.2. The second-order valence-corrected chi connectivity index (χ2v) is 1.08. The molecular weight excluding hydrogens is 76.1 g/mol. The maximum Gasteiger partial charge on any atom is 0.0434 e. The van der Waals surface area contributed by atoms with E-state index in [4.69, 9.17) is 5.11 Å². The van der Waals surface area contributed by atoms with Crippen LogP contribution in [0.5, 0.6) is 0 Å². The molecule has 6 heavy (non-hydrogen) atoms. The molecule has 0 saturated heterocycles. The molecule has 1 N–H and O–H groups in total. The van der Waals surface area contributed by atoms with E-state index in [0.29, 0.717) is 0 Å². The van der Waals surface area contributed by atoms with Gasteiger partial charge in [0.2, 0.25) is 0 Å². The summed E-state index contributed by atoms with van der Waals surface area (Å²) in [6.45, 7) is 3.61. The van der Waals surface area contributed by atoms with Crippen molar-refractivity contribution in [1.82, 2.24) is 0 Å². The van der Waals surface area contributed by atoms with Gasteiger partial charge in [-0.15, -0.1) is 0 Å². The fourth-order valence-electron chi connectivity index (χ4n) is 0.204. The van der Waals surface area contributed by atoms with Crippen LogP contribution in [-0.4, -0.2) is 11.7 Å². The first-order chi connectivity index (χ1) is 2.91. The second-order valence-electron chi connectivity index (χ2n) is 1.08. The average molecular weight is 85.1 g/mol. The summed E-state index contributed by atoms with van der Waals surface area (Å²) in [6.07, 6.45) is 4.26. The maximum absolute atomic E-state index is 8.13. The van der Waals surface area contributed by atoms with Gasteiger partial charge in [-0.25, -0.2) is 0 Å². The zero-order valence-electron chi connectivity index (χ0n) is 3.78. The van der Waals surface area contributed by atoms with Crippen molar-refractivity contribution < 1.29 is 5.11 Å². The molecule has 0 fully saturated rings. The van der Waals surface area contributed by atoms with Crippen LogP contribution in [0.2, 0.25) is 0 Å². The van der Waals surface area contributed by atoms with Crippen molar-refractivity contribution in [1.29, 1.82) is 0 Å². The van der Waals surface area contributed by atoms with Crippen LogP contribution in [0.25, 0.3) is 0 Å². The van der Waals surface area contributed by atoms with Gasteiger partial charge in [0.05, 0.1) is 0 Å². The Balaban J connectivity index is 2.49. The Morgan fingerprint density at radius 3 is 2.50 bits per heavy atom. The highest BCUT2D eigenvalue weighted by Gasteiger charge is 1.73. The van der Waals surface area contributed by atoms with Gasteiger partial charge in [-0.1, -0.05) is 12.7 Å². The quantitative estimate of drug-likeness (QED) is 0.501. The van der Waals surface area contributed by atoms with Gasteiger partial charge in [0.25, 0.3) is 0 Å². The zero-order chi connectivity index (χ0) is 4.83. The van der Waals surface area contributed by atoms with Gasteiger partial charge in [-0.2, -0.15) is 0 Å². The lowest BCUT2D eigenvalue weighted by Gasteiger charge is -1.81. The van der Waals surface area contributed by atoms with Gasteiger partial charge in [0.1, 0.15) is 0 Å². The zero-order valence-corrected chi connectivity index (χ0v) is 3.78. The lowest BCUT2D eigenvalue weighted by Crippen LogP contribution is -1.77. The molecular formula is C5H9O. The van der Waals surface area contributed by atoms with E-state index in [9.17, 15) is 0 Å². The predicted octanol–water partition coefficient (Wildman–Crippen LogP) is 0.748. The Hall–Kier alpha value is -0.300. The van der Waals surface area contributed by atoms with Crippen LogP contribution in [0.4, 0.5) is 0 Å². The molecule has 1 heteroatoms. The third-order valence-corrected chi connectivity index (χ3v) is 0.512. The molecule has 1 nitrogen and oxygen atoms in total. The van der Waals surface area contributed by atoms with Crippen molar-refractivity contribution in [2.45, 2.75) is 12.8 Å². The summed E-state index contributed by atoms with van der Waals surface area (Å²) < 4.78 is 0. The van der Waals surface area contributed by atoms with Crippen LogP contribution in [0.3, 0.4) is 0 Å². The summed E-state index contributed by atoms with van der Waals surface area (Å²) in [5, 5.41) is 8.13. The first kappa shape index (κ1) is 5.70. The van der Waals surface area contributed by atoms with Crippen LogP contribution < -0.4 is 0 Å². The minimum absolute atomic E-state index is 0.252. The van der Waals surface area contributed by atoms with Gasteiger partial charge in [-0.05, 0) is 12.8 Å². The molecule has 0 heterocycles. The molecule has 0 amide bonds. The second kappa shape index (κ2) is 4.70. The van der Waals surface area contributed by atoms with E-state index in [1.807, 2.05) is 0 Å². The number of allylic oxidation sites excluding steroid dienone is 1. The molecule has 1 radical (unpaired) electrons. The van der Waals surface area contributed by atoms with Crippen molar-refractivity contribution in [2.24, 2.45) is 0 Å². The van der Waals surface area contributed by atoms with E-state index >= 15 is 0 Å². The number of hydrogen-bond acceptors (Lipinski definition) is 1. The van der Waals surface area contributed by atoms with E-state index in [1.165, 1.54) is 0 Å². The average Bonchev–Trinajstić information content (AvgIpc) is 1.61. The third-order valence-electron chi connectivity index (χ3n) is 0.512. The SMILES string of the molecule is C=[C]CCCO. The number of aliphatic hydroxyl groups excluding tert-OH is 1. The van der Waals surface area contributed by atoms with E-state index in [-0.39, 0.29) is 6.61 Å². The molecule has 0 aromatic rings. The smallest absolute Gasteiger partial charge is 0.0434 e. The van der Waals surface area contributed by atoms with Gasteiger partial charge in [0.15, 0.2) is 0 Å². The van der Waals surface area contributed by atoms with Crippen LogP contribution in [0.15, 0.2) is 6.58 Å². The van der Waals surface area contributed by atoms with Crippen molar-refractivity contribution >= 4 is 0 Å². The lowest BCUT2D eigenvalue weighted by atomic mass is 10.3. The predicted molar refractivity (Wildman–Crippen MR) is 25.2 cm³/mol. The Morgan fingerprint density at radius 1 is 1.67 bits per heavy atom. The third kappa shape index (κ3) is 3.70. The largest absolute Gasteiger partial charge is 0.396 e. The first-order valence-electron chi connectivity index (χ1n) is 2.02. The number of unbranched alkanes of at least 4 members (excludes halogenated alkanes) is 1. The van der Waals surface area contributed by atoms with E-state index in [0.717, 1.165) is 12.8 Å². The molecule has 0 bridgehead atoms. The first-order valence-corrected chi connectivity index (χ1v) is 2.02. The molecule has 0 aromatic carbocycles. The van der Waals surface area contributed by atoms with Gasteiger partial charge < -0.3 is 5.11 Å². The van der Waals surface area contributed by atoms with E-state index in [1.54, 1.807) is 0 Å². The highest BCUT2D eigenvalue weighted by molar-refractivity contribution is 4.52. The molecule has 0 aromatic heterocycles. The maximum atomic E-state index is 8.13. The lowest BCUT2D eigenvalue weighted by molar-refractivity contribution is 0.289. The molecule has 0 aliphatic rings. The minimum Gasteiger partial charge on any atom is -0.396 e. The fraction of sp³-hybridized carbons (Fsp3) is 0.600. The van der Waals surface area contributed by atoms with Crippen molar-refractivity contribution in [3.05, 3.63) is 12.7 Å². The fourth-order valence-corrected chi connectivity index (χ4v) is 0.204. The molecule has 0 rings (SSSR count). The summed E-state index contributed by atoms with van der Waals surface area (Å²) >= 11 is 0. The molecule has 35 valence electrons. The molecule has 0 saturated carbocycles. The number of aliphatic hydroxyl groups is 1. The van der Waals surface area contributed by atoms with Gasteiger partial charge >= 0.3 is 0 Å². The van der Waals surface area contributed by atoms with Crippen LogP contribution >= 0.6 is 0 Å². The Morgan fingerprint density at radius 2 is 2.33 bits per heavy atom. The summed E-state index contributed by atoms with van der Waals surface area (Å²) in [4.78, 5) is 0. The van der Waals surface area contributed by atoms with Crippen LogP contribution in [0.1, 0.15) is 12.8 Å². The number of hydrogen-bond donors (Lipinski definition) is 1. The monoisotopic (exact) mass is 85.1 g/mol. The van der Waals surface area contributed by atoms with Gasteiger partial charge in [0, 0.05) is 6.61 Å². The van der Waals surface area contributed by atoms with Gasteiger partial charge in [-0.3, -0.25) is 0 Å². The normalized spacial score (nSPS) is 8.17. The van der Waals surface area contributed by atoms with Crippen molar-refractivity contribution in [3.8, 4) is 0 Å². The Bertz CT molecular complexity index is 32.9. The Kier molecular flexibility index (Phi) is 4.46. The number of rotatable bonds is 3. The summed E-state index contributed by atoms with van der Waals surface area (Å²) in [6, 6.07) is 0.